The molecule has 0 aromatic carbocycles. The number of hydrogen-bond acceptors (Lipinski definition) is 3. The molecule has 1 N–H and O–H groups in total. The van der Waals surface area contributed by atoms with Gasteiger partial charge >= 0.3 is 0 Å². The topological polar surface area (TPSA) is 33.1 Å². The lowest BCUT2D eigenvalue weighted by atomic mass is 9.86. The van der Waals surface area contributed by atoms with Gasteiger partial charge in [0.25, 0.3) is 0 Å². The zero-order chi connectivity index (χ0) is 15.2. The van der Waals surface area contributed by atoms with Gasteiger partial charge in [-0.25, -0.2) is 0 Å². The third-order valence-corrected chi connectivity index (χ3v) is 3.82. The zero-order valence-electron chi connectivity index (χ0n) is 14.1. The highest BCUT2D eigenvalue weighted by atomic mass is 15.2. The molecule has 0 aliphatic carbocycles. The van der Waals surface area contributed by atoms with Gasteiger partial charge in [0.2, 0.25) is 0 Å². The van der Waals surface area contributed by atoms with Crippen LogP contribution in [0.15, 0.2) is 12.4 Å². The second-order valence-electron chi connectivity index (χ2n) is 6.88. The van der Waals surface area contributed by atoms with Crippen LogP contribution in [-0.4, -0.2) is 41.4 Å². The van der Waals surface area contributed by atoms with Gasteiger partial charge in [-0.1, -0.05) is 27.7 Å². The minimum Gasteiger partial charge on any atom is -0.316 e. The number of hydrogen-bond donors (Lipinski definition) is 1. The lowest BCUT2D eigenvalue weighted by molar-refractivity contribution is 0.174. The lowest BCUT2D eigenvalue weighted by Gasteiger charge is -2.33. The van der Waals surface area contributed by atoms with Crippen LogP contribution in [0.3, 0.4) is 0 Å². The maximum atomic E-state index is 4.23. The van der Waals surface area contributed by atoms with Crippen molar-refractivity contribution in [1.29, 1.82) is 0 Å². The highest BCUT2D eigenvalue weighted by Gasteiger charge is 2.23. The van der Waals surface area contributed by atoms with Crippen LogP contribution >= 0.6 is 0 Å². The van der Waals surface area contributed by atoms with Crippen LogP contribution in [0.4, 0.5) is 0 Å². The summed E-state index contributed by atoms with van der Waals surface area (Å²) in [4.78, 5) is 2.40. The second-order valence-corrected chi connectivity index (χ2v) is 6.88. The zero-order valence-corrected chi connectivity index (χ0v) is 14.1. The van der Waals surface area contributed by atoms with Crippen LogP contribution in [0.5, 0.6) is 0 Å². The van der Waals surface area contributed by atoms with E-state index in [2.05, 4.69) is 56.3 Å². The normalized spacial score (nSPS) is 15.0. The van der Waals surface area contributed by atoms with E-state index in [0.717, 1.165) is 26.2 Å². The third-order valence-electron chi connectivity index (χ3n) is 3.82. The minimum atomic E-state index is 0.325. The van der Waals surface area contributed by atoms with Crippen LogP contribution < -0.4 is 5.32 Å². The van der Waals surface area contributed by atoms with Gasteiger partial charge in [0.1, 0.15) is 0 Å². The van der Waals surface area contributed by atoms with E-state index in [4.69, 9.17) is 0 Å². The summed E-state index contributed by atoms with van der Waals surface area (Å²) in [6.45, 7) is 13.4. The molecule has 0 bridgehead atoms. The predicted octanol–water partition coefficient (Wildman–Crippen LogP) is 2.51. The van der Waals surface area contributed by atoms with Crippen LogP contribution in [0.25, 0.3) is 0 Å². The molecule has 0 aliphatic heterocycles. The first-order valence-electron chi connectivity index (χ1n) is 7.71. The SMILES string of the molecule is CCC(C)(CNCC(C)C)CN(C)Cc1cnn(C)c1. The van der Waals surface area contributed by atoms with Crippen molar-refractivity contribution in [2.75, 3.05) is 26.7 Å². The molecule has 1 rings (SSSR count). The molecular formula is C16H32N4. The summed E-state index contributed by atoms with van der Waals surface area (Å²) in [6, 6.07) is 0. The van der Waals surface area contributed by atoms with E-state index in [1.54, 1.807) is 0 Å². The Labute approximate surface area is 124 Å². The fourth-order valence-corrected chi connectivity index (χ4v) is 2.53. The molecular weight excluding hydrogens is 248 g/mol. The Kier molecular flexibility index (Phi) is 6.69. The Morgan fingerprint density at radius 2 is 2.15 bits per heavy atom. The number of nitrogens with one attached hydrogen (secondary N) is 1. The Balaban J connectivity index is 2.44. The molecule has 1 aromatic heterocycles. The molecule has 4 heteroatoms. The van der Waals surface area contributed by atoms with E-state index < -0.39 is 0 Å². The van der Waals surface area contributed by atoms with Crippen molar-refractivity contribution in [2.24, 2.45) is 18.4 Å². The van der Waals surface area contributed by atoms with Crippen molar-refractivity contribution in [2.45, 2.75) is 40.7 Å². The van der Waals surface area contributed by atoms with Gasteiger partial charge in [-0.2, -0.15) is 5.10 Å². The molecule has 0 saturated carbocycles. The molecule has 4 nitrogen and oxygen atoms in total. The van der Waals surface area contributed by atoms with Gasteiger partial charge in [0.15, 0.2) is 0 Å². The molecule has 1 unspecified atom stereocenters. The largest absolute Gasteiger partial charge is 0.316 e. The van der Waals surface area contributed by atoms with Gasteiger partial charge in [-0.3, -0.25) is 4.68 Å². The average molecular weight is 280 g/mol. The molecule has 1 aromatic rings. The maximum absolute atomic E-state index is 4.23. The van der Waals surface area contributed by atoms with E-state index in [0.29, 0.717) is 11.3 Å². The standard InChI is InChI=1S/C16H32N4/c1-7-16(4,12-17-8-14(2)3)13-19(5)10-15-9-18-20(6)11-15/h9,11,14,17H,7-8,10,12-13H2,1-6H3. The number of aromatic nitrogens is 2. The van der Waals surface area contributed by atoms with Crippen molar-refractivity contribution in [3.63, 3.8) is 0 Å². The summed E-state index contributed by atoms with van der Waals surface area (Å²) in [6.07, 6.45) is 5.24. The summed E-state index contributed by atoms with van der Waals surface area (Å²) in [5.74, 6) is 0.712. The quantitative estimate of drug-likeness (QED) is 0.754. The van der Waals surface area contributed by atoms with E-state index in [1.165, 1.54) is 12.0 Å². The molecule has 0 saturated heterocycles. The Morgan fingerprint density at radius 1 is 1.45 bits per heavy atom. The monoisotopic (exact) mass is 280 g/mol. The second kappa shape index (κ2) is 7.79. The molecule has 0 radical (unpaired) electrons. The first-order valence-corrected chi connectivity index (χ1v) is 7.71. The van der Waals surface area contributed by atoms with E-state index in [9.17, 15) is 0 Å². The highest BCUT2D eigenvalue weighted by molar-refractivity contribution is 5.03. The molecule has 1 heterocycles. The van der Waals surface area contributed by atoms with Gasteiger partial charge in [-0.15, -0.1) is 0 Å². The van der Waals surface area contributed by atoms with Crippen molar-refractivity contribution in [3.8, 4) is 0 Å². The summed E-state index contributed by atoms with van der Waals surface area (Å²) in [5.41, 5.74) is 1.61. The van der Waals surface area contributed by atoms with E-state index >= 15 is 0 Å². The molecule has 0 aliphatic rings. The first kappa shape index (κ1) is 17.2. The molecule has 1 atom stereocenters. The summed E-state index contributed by atoms with van der Waals surface area (Å²) in [5, 5.41) is 7.84. The molecule has 20 heavy (non-hydrogen) atoms. The average Bonchev–Trinajstić information content (AvgIpc) is 2.73. The summed E-state index contributed by atoms with van der Waals surface area (Å²) >= 11 is 0. The highest BCUT2D eigenvalue weighted by Crippen LogP contribution is 2.22. The van der Waals surface area contributed by atoms with Gasteiger partial charge < -0.3 is 10.2 Å². The van der Waals surface area contributed by atoms with Crippen molar-refractivity contribution < 1.29 is 0 Å². The Bertz CT molecular complexity index is 386. The maximum Gasteiger partial charge on any atom is 0.0534 e. The van der Waals surface area contributed by atoms with E-state index in [-0.39, 0.29) is 0 Å². The molecule has 0 amide bonds. The number of nitrogens with zero attached hydrogens (tertiary/aromatic N) is 3. The minimum absolute atomic E-state index is 0.325. The van der Waals surface area contributed by atoms with Gasteiger partial charge in [0, 0.05) is 38.4 Å². The van der Waals surface area contributed by atoms with Crippen molar-refractivity contribution in [1.82, 2.24) is 20.0 Å². The van der Waals surface area contributed by atoms with Crippen LogP contribution in [-0.2, 0) is 13.6 Å². The molecule has 0 fully saturated rings. The fraction of sp³-hybridized carbons (Fsp3) is 0.812. The molecule has 116 valence electrons. The number of rotatable bonds is 9. The Hall–Kier alpha value is -0.870. The fourth-order valence-electron chi connectivity index (χ4n) is 2.53. The third kappa shape index (κ3) is 6.06. The molecule has 0 spiro atoms. The smallest absolute Gasteiger partial charge is 0.0534 e. The summed E-state index contributed by atoms with van der Waals surface area (Å²) in [7, 11) is 4.17. The first-order chi connectivity index (χ1) is 9.34. The van der Waals surface area contributed by atoms with Gasteiger partial charge in [-0.05, 0) is 31.3 Å². The Morgan fingerprint density at radius 3 is 2.65 bits per heavy atom. The number of aryl methyl sites for hydroxylation is 1. The van der Waals surface area contributed by atoms with Gasteiger partial charge in [0.05, 0.1) is 6.20 Å². The summed E-state index contributed by atoms with van der Waals surface area (Å²) < 4.78 is 1.87. The lowest BCUT2D eigenvalue weighted by Crippen LogP contribution is -2.41. The van der Waals surface area contributed by atoms with Crippen LogP contribution in [0, 0.1) is 11.3 Å². The van der Waals surface area contributed by atoms with Crippen molar-refractivity contribution in [3.05, 3.63) is 18.0 Å². The van der Waals surface area contributed by atoms with E-state index in [1.807, 2.05) is 17.9 Å². The predicted molar refractivity (Wildman–Crippen MR) is 85.6 cm³/mol. The van der Waals surface area contributed by atoms with Crippen LogP contribution in [0.1, 0.15) is 39.7 Å². The van der Waals surface area contributed by atoms with Crippen LogP contribution in [0.2, 0.25) is 0 Å². The van der Waals surface area contributed by atoms with Crippen molar-refractivity contribution >= 4 is 0 Å².